The molecule has 9 nitrogen and oxygen atoms in total. The van der Waals surface area contributed by atoms with Crippen molar-refractivity contribution in [2.24, 2.45) is 5.10 Å². The van der Waals surface area contributed by atoms with E-state index < -0.39 is 11.0 Å². The lowest BCUT2D eigenvalue weighted by Gasteiger charge is -2.06. The second kappa shape index (κ2) is 6.87. The van der Waals surface area contributed by atoms with Gasteiger partial charge in [0.25, 0.3) is 5.69 Å². The number of nitrogens with zero attached hydrogens (tertiary/aromatic N) is 2. The van der Waals surface area contributed by atoms with Crippen molar-refractivity contribution < 1.29 is 19.2 Å². The van der Waals surface area contributed by atoms with E-state index in [1.165, 1.54) is 18.3 Å². The number of rotatable bonds is 4. The molecule has 2 aromatic rings. The van der Waals surface area contributed by atoms with E-state index in [2.05, 4.69) is 15.8 Å². The summed E-state index contributed by atoms with van der Waals surface area (Å²) in [4.78, 5) is 22.4. The summed E-state index contributed by atoms with van der Waals surface area (Å²) in [6.07, 6.45) is 1.18. The number of nitro benzene ring substituents is 1. The Hall–Kier alpha value is -3.62. The SMILES string of the molecule is Cc1ccccc1NC(=O)NN=Cc1cc2c(cc1[N+](=O)[O-])OCO2. The van der Waals surface area contributed by atoms with Crippen molar-refractivity contribution in [3.63, 3.8) is 0 Å². The van der Waals surface area contributed by atoms with Gasteiger partial charge < -0.3 is 14.8 Å². The molecule has 1 aliphatic rings. The monoisotopic (exact) mass is 342 g/mol. The number of carbonyl (C=O) groups is 1. The minimum Gasteiger partial charge on any atom is -0.454 e. The van der Waals surface area contributed by atoms with E-state index in [0.717, 1.165) is 5.56 Å². The molecule has 0 radical (unpaired) electrons. The van der Waals surface area contributed by atoms with Crippen LogP contribution in [0, 0.1) is 17.0 Å². The molecule has 0 aromatic heterocycles. The van der Waals surface area contributed by atoms with E-state index in [0.29, 0.717) is 17.2 Å². The molecule has 3 rings (SSSR count). The summed E-state index contributed by atoms with van der Waals surface area (Å²) < 4.78 is 10.3. The summed E-state index contributed by atoms with van der Waals surface area (Å²) in [7, 11) is 0. The van der Waals surface area contributed by atoms with Crippen molar-refractivity contribution in [2.75, 3.05) is 12.1 Å². The fourth-order valence-electron chi connectivity index (χ4n) is 2.23. The number of nitro groups is 1. The van der Waals surface area contributed by atoms with Gasteiger partial charge in [0, 0.05) is 5.69 Å². The molecule has 0 saturated carbocycles. The molecule has 0 atom stereocenters. The van der Waals surface area contributed by atoms with Crippen LogP contribution in [-0.4, -0.2) is 24.0 Å². The van der Waals surface area contributed by atoms with Crippen LogP contribution >= 0.6 is 0 Å². The number of hydrazone groups is 1. The van der Waals surface area contributed by atoms with E-state index in [1.54, 1.807) is 12.1 Å². The van der Waals surface area contributed by atoms with Crippen LogP contribution in [0.1, 0.15) is 11.1 Å². The predicted molar refractivity (Wildman–Crippen MR) is 90.1 cm³/mol. The first-order chi connectivity index (χ1) is 12.0. The Labute approximate surface area is 142 Å². The number of anilines is 1. The molecule has 0 bridgehead atoms. The first-order valence-electron chi connectivity index (χ1n) is 7.28. The highest BCUT2D eigenvalue weighted by Crippen LogP contribution is 2.37. The van der Waals surface area contributed by atoms with E-state index in [4.69, 9.17) is 9.47 Å². The maximum Gasteiger partial charge on any atom is 0.339 e. The average molecular weight is 342 g/mol. The average Bonchev–Trinajstić information content (AvgIpc) is 3.03. The van der Waals surface area contributed by atoms with Crippen LogP contribution in [-0.2, 0) is 0 Å². The molecule has 25 heavy (non-hydrogen) atoms. The van der Waals surface area contributed by atoms with Gasteiger partial charge in [-0.2, -0.15) is 5.10 Å². The fraction of sp³-hybridized carbons (Fsp3) is 0.125. The van der Waals surface area contributed by atoms with Crippen molar-refractivity contribution in [3.8, 4) is 11.5 Å². The number of nitrogens with one attached hydrogen (secondary N) is 2. The molecular formula is C16H14N4O5. The highest BCUT2D eigenvalue weighted by molar-refractivity contribution is 5.92. The lowest BCUT2D eigenvalue weighted by Crippen LogP contribution is -2.24. The van der Waals surface area contributed by atoms with Crippen molar-refractivity contribution in [1.29, 1.82) is 0 Å². The standard InChI is InChI=1S/C16H14N4O5/c1-10-4-2-3-5-12(10)18-16(21)19-17-8-11-6-14-15(25-9-24-14)7-13(11)20(22)23/h2-8H,9H2,1H3,(H2,18,19,21). The summed E-state index contributed by atoms with van der Waals surface area (Å²) in [5.74, 6) is 0.686. The number of amides is 2. The summed E-state index contributed by atoms with van der Waals surface area (Å²) in [5.41, 5.74) is 3.79. The Morgan fingerprint density at radius 2 is 2.00 bits per heavy atom. The molecule has 2 N–H and O–H groups in total. The molecule has 0 spiro atoms. The van der Waals surface area contributed by atoms with Gasteiger partial charge in [0.1, 0.15) is 0 Å². The maximum atomic E-state index is 11.8. The van der Waals surface area contributed by atoms with Gasteiger partial charge in [0.15, 0.2) is 11.5 Å². The molecule has 1 aliphatic heterocycles. The van der Waals surface area contributed by atoms with Crippen LogP contribution in [0.3, 0.4) is 0 Å². The maximum absolute atomic E-state index is 11.8. The van der Waals surface area contributed by atoms with Gasteiger partial charge in [0.05, 0.1) is 22.8 Å². The van der Waals surface area contributed by atoms with Gasteiger partial charge in [-0.1, -0.05) is 18.2 Å². The molecule has 1 heterocycles. The number of fused-ring (bicyclic) bond motifs is 1. The number of aryl methyl sites for hydroxylation is 1. The summed E-state index contributed by atoms with van der Waals surface area (Å²) >= 11 is 0. The highest BCUT2D eigenvalue weighted by atomic mass is 16.7. The molecule has 0 fully saturated rings. The molecule has 9 heteroatoms. The van der Waals surface area contributed by atoms with Crippen LogP contribution < -0.4 is 20.2 Å². The zero-order valence-electron chi connectivity index (χ0n) is 13.2. The van der Waals surface area contributed by atoms with Gasteiger partial charge in [-0.25, -0.2) is 10.2 Å². The van der Waals surface area contributed by atoms with E-state index >= 15 is 0 Å². The molecule has 0 aliphatic carbocycles. The van der Waals surface area contributed by atoms with Gasteiger partial charge in [-0.3, -0.25) is 10.1 Å². The van der Waals surface area contributed by atoms with Crippen molar-refractivity contribution in [1.82, 2.24) is 5.43 Å². The molecule has 0 saturated heterocycles. The quantitative estimate of drug-likeness (QED) is 0.503. The lowest BCUT2D eigenvalue weighted by molar-refractivity contribution is -0.385. The predicted octanol–water partition coefficient (Wildman–Crippen LogP) is 2.79. The summed E-state index contributed by atoms with van der Waals surface area (Å²) in [6, 6.07) is 9.39. The molecule has 2 amide bonds. The topological polar surface area (TPSA) is 115 Å². The number of hydrogen-bond donors (Lipinski definition) is 2. The number of benzene rings is 2. The van der Waals surface area contributed by atoms with Gasteiger partial charge >= 0.3 is 6.03 Å². The third-order valence-corrected chi connectivity index (χ3v) is 3.48. The smallest absolute Gasteiger partial charge is 0.339 e. The molecular weight excluding hydrogens is 328 g/mol. The Morgan fingerprint density at radius 3 is 2.72 bits per heavy atom. The second-order valence-electron chi connectivity index (χ2n) is 5.16. The van der Waals surface area contributed by atoms with Gasteiger partial charge in [0.2, 0.25) is 6.79 Å². The summed E-state index contributed by atoms with van der Waals surface area (Å²) in [5, 5.41) is 17.5. The van der Waals surface area contributed by atoms with E-state index in [1.807, 2.05) is 19.1 Å². The number of para-hydroxylation sites is 1. The van der Waals surface area contributed by atoms with E-state index in [-0.39, 0.29) is 18.0 Å². The van der Waals surface area contributed by atoms with Gasteiger partial charge in [-0.15, -0.1) is 0 Å². The highest BCUT2D eigenvalue weighted by Gasteiger charge is 2.22. The first kappa shape index (κ1) is 16.2. The number of carbonyl (C=O) groups excluding carboxylic acids is 1. The molecule has 2 aromatic carbocycles. The van der Waals surface area contributed by atoms with Gasteiger partial charge in [-0.05, 0) is 24.6 Å². The van der Waals surface area contributed by atoms with Crippen LogP contribution in [0.15, 0.2) is 41.5 Å². The summed E-state index contributed by atoms with van der Waals surface area (Å²) in [6.45, 7) is 1.86. The zero-order chi connectivity index (χ0) is 17.8. The minimum atomic E-state index is -0.561. The Morgan fingerprint density at radius 1 is 1.28 bits per heavy atom. The first-order valence-corrected chi connectivity index (χ1v) is 7.28. The largest absolute Gasteiger partial charge is 0.454 e. The van der Waals surface area contributed by atoms with Crippen molar-refractivity contribution >= 4 is 23.6 Å². The third kappa shape index (κ3) is 3.66. The normalized spacial score (nSPS) is 12.2. The lowest BCUT2D eigenvalue weighted by atomic mass is 10.1. The van der Waals surface area contributed by atoms with Crippen LogP contribution in [0.4, 0.5) is 16.2 Å². The molecule has 0 unspecified atom stereocenters. The zero-order valence-corrected chi connectivity index (χ0v) is 13.2. The second-order valence-corrected chi connectivity index (χ2v) is 5.16. The Bertz CT molecular complexity index is 866. The molecule has 128 valence electrons. The van der Waals surface area contributed by atoms with Crippen LogP contribution in [0.2, 0.25) is 0 Å². The Balaban J connectivity index is 1.71. The fourth-order valence-corrected chi connectivity index (χ4v) is 2.23. The van der Waals surface area contributed by atoms with Crippen LogP contribution in [0.5, 0.6) is 11.5 Å². The Kier molecular flexibility index (Phi) is 4.46. The van der Waals surface area contributed by atoms with Crippen LogP contribution in [0.25, 0.3) is 0 Å². The number of urea groups is 1. The number of ether oxygens (including phenoxy) is 2. The van der Waals surface area contributed by atoms with Crippen molar-refractivity contribution in [3.05, 3.63) is 57.6 Å². The van der Waals surface area contributed by atoms with E-state index in [9.17, 15) is 14.9 Å². The number of hydrogen-bond acceptors (Lipinski definition) is 6. The third-order valence-electron chi connectivity index (χ3n) is 3.48. The minimum absolute atomic E-state index is 0.00413. The van der Waals surface area contributed by atoms with Crippen molar-refractivity contribution in [2.45, 2.75) is 6.92 Å².